The van der Waals surface area contributed by atoms with Crippen LogP contribution in [0.4, 0.5) is 0 Å². The lowest BCUT2D eigenvalue weighted by Gasteiger charge is -2.09. The largest absolute Gasteiger partial charge is 0.449 e. The molecular weight excluding hydrogens is 363 g/mol. The van der Waals surface area contributed by atoms with E-state index in [0.717, 1.165) is 11.1 Å². The van der Waals surface area contributed by atoms with Crippen LogP contribution in [0.25, 0.3) is 11.5 Å². The van der Waals surface area contributed by atoms with Gasteiger partial charge in [0.25, 0.3) is 5.89 Å². The third kappa shape index (κ3) is 4.18. The van der Waals surface area contributed by atoms with Gasteiger partial charge in [0.1, 0.15) is 0 Å². The number of aromatic nitrogens is 2. The molecule has 1 aromatic heterocycles. The molecule has 128 valence electrons. The molecule has 0 saturated carbocycles. The summed E-state index contributed by atoms with van der Waals surface area (Å²) in [5, 5.41) is 8.65. The van der Waals surface area contributed by atoms with E-state index >= 15 is 0 Å². The van der Waals surface area contributed by atoms with E-state index < -0.39 is 12.1 Å². The lowest BCUT2D eigenvalue weighted by Crippen LogP contribution is -2.09. The Bertz CT molecular complexity index is 887. The summed E-state index contributed by atoms with van der Waals surface area (Å²) >= 11 is 11.8. The van der Waals surface area contributed by atoms with Crippen LogP contribution in [-0.2, 0) is 4.74 Å². The zero-order valence-electron chi connectivity index (χ0n) is 13.5. The van der Waals surface area contributed by atoms with E-state index in [0.29, 0.717) is 15.9 Å². The molecule has 1 heterocycles. The average Bonchev–Trinajstić information content (AvgIpc) is 3.04. The van der Waals surface area contributed by atoms with Crippen LogP contribution < -0.4 is 0 Å². The molecule has 2 aromatic carbocycles. The van der Waals surface area contributed by atoms with Gasteiger partial charge in [0.05, 0.1) is 5.56 Å². The average molecular weight is 377 g/mol. The van der Waals surface area contributed by atoms with Crippen LogP contribution in [0.15, 0.2) is 46.9 Å². The van der Waals surface area contributed by atoms with Crippen LogP contribution in [0.5, 0.6) is 0 Å². The molecule has 0 spiro atoms. The monoisotopic (exact) mass is 376 g/mol. The normalized spacial score (nSPS) is 12.0. The first-order chi connectivity index (χ1) is 11.9. The number of halogens is 2. The zero-order chi connectivity index (χ0) is 18.0. The van der Waals surface area contributed by atoms with E-state index in [4.69, 9.17) is 32.4 Å². The van der Waals surface area contributed by atoms with Gasteiger partial charge in [-0.2, -0.15) is 0 Å². The molecule has 0 bridgehead atoms. The van der Waals surface area contributed by atoms with E-state index in [9.17, 15) is 4.79 Å². The molecule has 0 radical (unpaired) electrons. The highest BCUT2D eigenvalue weighted by atomic mass is 35.5. The van der Waals surface area contributed by atoms with E-state index in [-0.39, 0.29) is 11.5 Å². The second kappa shape index (κ2) is 7.25. The molecule has 3 aromatic rings. The summed E-state index contributed by atoms with van der Waals surface area (Å²) in [5.41, 5.74) is 2.18. The Kier molecular flexibility index (Phi) is 5.06. The van der Waals surface area contributed by atoms with Gasteiger partial charge in [-0.05, 0) is 44.2 Å². The van der Waals surface area contributed by atoms with Gasteiger partial charge < -0.3 is 9.15 Å². The molecule has 7 heteroatoms. The summed E-state index contributed by atoms with van der Waals surface area (Å²) < 4.78 is 11.0. The molecule has 0 unspecified atom stereocenters. The Labute approximate surface area is 154 Å². The number of esters is 1. The Morgan fingerprint density at radius 1 is 1.08 bits per heavy atom. The number of aryl methyl sites for hydroxylation is 1. The number of ether oxygens (including phenoxy) is 1. The van der Waals surface area contributed by atoms with Gasteiger partial charge in [-0.15, -0.1) is 10.2 Å². The van der Waals surface area contributed by atoms with Gasteiger partial charge in [-0.3, -0.25) is 0 Å². The molecule has 0 aliphatic rings. The smallest absolute Gasteiger partial charge is 0.339 e. The summed E-state index contributed by atoms with van der Waals surface area (Å²) in [6.45, 7) is 3.64. The fourth-order valence-corrected chi connectivity index (χ4v) is 2.69. The minimum absolute atomic E-state index is 0.206. The van der Waals surface area contributed by atoms with Gasteiger partial charge in [-0.1, -0.05) is 40.9 Å². The van der Waals surface area contributed by atoms with Crippen LogP contribution >= 0.6 is 23.2 Å². The zero-order valence-corrected chi connectivity index (χ0v) is 15.0. The van der Waals surface area contributed by atoms with E-state index in [1.807, 2.05) is 31.2 Å². The molecule has 5 nitrogen and oxygen atoms in total. The molecule has 0 aliphatic heterocycles. The topological polar surface area (TPSA) is 65.2 Å². The number of rotatable bonds is 4. The summed E-state index contributed by atoms with van der Waals surface area (Å²) in [6, 6.07) is 12.2. The highest BCUT2D eigenvalue weighted by Crippen LogP contribution is 2.25. The van der Waals surface area contributed by atoms with Gasteiger partial charge in [0.15, 0.2) is 6.10 Å². The molecule has 1 atom stereocenters. The number of nitrogens with zero attached hydrogens (tertiary/aromatic N) is 2. The molecule has 0 amide bonds. The van der Waals surface area contributed by atoms with Crippen molar-refractivity contribution < 1.29 is 13.9 Å². The van der Waals surface area contributed by atoms with Gasteiger partial charge in [0, 0.05) is 15.6 Å². The summed E-state index contributed by atoms with van der Waals surface area (Å²) in [5.74, 6) is -0.00673. The second-order valence-electron chi connectivity index (χ2n) is 5.52. The highest BCUT2D eigenvalue weighted by molar-refractivity contribution is 6.35. The SMILES string of the molecule is Cc1ccc(-c2nnc([C@H](C)OC(=O)c3cc(Cl)cc(Cl)c3)o2)cc1. The van der Waals surface area contributed by atoms with Crippen LogP contribution in [0.1, 0.15) is 34.8 Å². The quantitative estimate of drug-likeness (QED) is 0.580. The molecular formula is C18H14Cl2N2O3. The third-order valence-corrected chi connectivity index (χ3v) is 3.91. The van der Waals surface area contributed by atoms with Crippen molar-refractivity contribution in [3.05, 3.63) is 69.5 Å². The Balaban J connectivity index is 1.74. The Hall–Kier alpha value is -2.37. The maximum atomic E-state index is 12.2. The predicted molar refractivity (Wildman–Crippen MR) is 94.8 cm³/mol. The van der Waals surface area contributed by atoms with Gasteiger partial charge >= 0.3 is 5.97 Å². The summed E-state index contributed by atoms with van der Waals surface area (Å²) in [7, 11) is 0. The second-order valence-corrected chi connectivity index (χ2v) is 6.39. The molecule has 0 aliphatic carbocycles. The van der Waals surface area contributed by atoms with Crippen molar-refractivity contribution in [2.45, 2.75) is 20.0 Å². The molecule has 0 saturated heterocycles. The number of carbonyl (C=O) groups excluding carboxylic acids is 1. The van der Waals surface area contributed by atoms with Crippen molar-refractivity contribution in [1.82, 2.24) is 10.2 Å². The molecule has 3 rings (SSSR count). The van der Waals surface area contributed by atoms with Crippen molar-refractivity contribution in [1.29, 1.82) is 0 Å². The van der Waals surface area contributed by atoms with Crippen LogP contribution in [0.2, 0.25) is 10.0 Å². The van der Waals surface area contributed by atoms with Gasteiger partial charge in [-0.25, -0.2) is 4.79 Å². The maximum absolute atomic E-state index is 12.2. The van der Waals surface area contributed by atoms with Gasteiger partial charge in [0.2, 0.25) is 5.89 Å². The standard InChI is InChI=1S/C18H14Cl2N2O3/c1-10-3-5-12(6-4-10)17-22-21-16(25-17)11(2)24-18(23)13-7-14(19)9-15(20)8-13/h3-9,11H,1-2H3/t11-/m0/s1. The lowest BCUT2D eigenvalue weighted by molar-refractivity contribution is 0.0280. The molecule has 0 fully saturated rings. The fraction of sp³-hybridized carbons (Fsp3) is 0.167. The number of benzene rings is 2. The van der Waals surface area contributed by atoms with Crippen LogP contribution in [0.3, 0.4) is 0 Å². The fourth-order valence-electron chi connectivity index (χ4n) is 2.16. The summed E-state index contributed by atoms with van der Waals surface area (Å²) in [6.07, 6.45) is -0.711. The Morgan fingerprint density at radius 3 is 2.36 bits per heavy atom. The maximum Gasteiger partial charge on any atom is 0.339 e. The first-order valence-electron chi connectivity index (χ1n) is 7.50. The number of hydrogen-bond acceptors (Lipinski definition) is 5. The van der Waals surface area contributed by atoms with Crippen LogP contribution in [0, 0.1) is 6.92 Å². The van der Waals surface area contributed by atoms with E-state index in [1.165, 1.54) is 18.2 Å². The third-order valence-electron chi connectivity index (χ3n) is 3.47. The minimum atomic E-state index is -0.711. The Morgan fingerprint density at radius 2 is 1.72 bits per heavy atom. The molecule has 25 heavy (non-hydrogen) atoms. The lowest BCUT2D eigenvalue weighted by atomic mass is 10.1. The van der Waals surface area contributed by atoms with Crippen molar-refractivity contribution in [2.24, 2.45) is 0 Å². The van der Waals surface area contributed by atoms with Crippen molar-refractivity contribution in [2.75, 3.05) is 0 Å². The van der Waals surface area contributed by atoms with E-state index in [1.54, 1.807) is 6.92 Å². The van der Waals surface area contributed by atoms with Crippen LogP contribution in [-0.4, -0.2) is 16.2 Å². The van der Waals surface area contributed by atoms with Crippen molar-refractivity contribution in [3.63, 3.8) is 0 Å². The number of hydrogen-bond donors (Lipinski definition) is 0. The van der Waals surface area contributed by atoms with Crippen molar-refractivity contribution in [3.8, 4) is 11.5 Å². The first kappa shape index (κ1) is 17.5. The van der Waals surface area contributed by atoms with Crippen molar-refractivity contribution >= 4 is 29.2 Å². The minimum Gasteiger partial charge on any atom is -0.449 e. The first-order valence-corrected chi connectivity index (χ1v) is 8.25. The van der Waals surface area contributed by atoms with E-state index in [2.05, 4.69) is 10.2 Å². The number of carbonyl (C=O) groups is 1. The highest BCUT2D eigenvalue weighted by Gasteiger charge is 2.20. The predicted octanol–water partition coefficient (Wildman–Crippen LogP) is 5.27. The molecule has 0 N–H and O–H groups in total. The summed E-state index contributed by atoms with van der Waals surface area (Å²) in [4.78, 5) is 12.2.